The molecule has 1 aromatic carbocycles. The smallest absolute Gasteiger partial charge is 0.323 e. The van der Waals surface area contributed by atoms with Crippen molar-refractivity contribution in [2.24, 2.45) is 5.92 Å². The average Bonchev–Trinajstić information content (AvgIpc) is 2.40. The highest BCUT2D eigenvalue weighted by Crippen LogP contribution is 2.10. The molecule has 0 amide bonds. The van der Waals surface area contributed by atoms with Gasteiger partial charge >= 0.3 is 5.97 Å². The number of ether oxygens (including phenoxy) is 1. The molecule has 0 spiro atoms. The summed E-state index contributed by atoms with van der Waals surface area (Å²) in [6.07, 6.45) is 0.950. The molecule has 3 heteroatoms. The summed E-state index contributed by atoms with van der Waals surface area (Å²) in [6, 6.07) is 9.85. The average molecular weight is 249 g/mol. The van der Waals surface area contributed by atoms with Gasteiger partial charge < -0.3 is 10.1 Å². The maximum atomic E-state index is 11.9. The molecule has 0 heterocycles. The number of esters is 1. The molecule has 0 bridgehead atoms. The van der Waals surface area contributed by atoms with E-state index in [1.54, 1.807) is 0 Å². The molecule has 100 valence electrons. The zero-order valence-electron chi connectivity index (χ0n) is 11.5. The molecular weight excluding hydrogens is 226 g/mol. The lowest BCUT2D eigenvalue weighted by molar-refractivity contribution is -0.147. The highest BCUT2D eigenvalue weighted by atomic mass is 16.5. The first-order valence-corrected chi connectivity index (χ1v) is 6.63. The van der Waals surface area contributed by atoms with Crippen LogP contribution < -0.4 is 5.32 Å². The molecule has 3 nitrogen and oxygen atoms in total. The summed E-state index contributed by atoms with van der Waals surface area (Å²) in [5.41, 5.74) is 1.18. The normalized spacial score (nSPS) is 13.9. The minimum atomic E-state index is -0.227. The van der Waals surface area contributed by atoms with E-state index < -0.39 is 0 Å². The van der Waals surface area contributed by atoms with Crippen LogP contribution in [-0.2, 0) is 16.1 Å². The van der Waals surface area contributed by atoms with Gasteiger partial charge in [0.1, 0.15) is 6.04 Å². The number of carbonyl (C=O) groups excluding carboxylic acids is 1. The Kier molecular flexibility index (Phi) is 6.44. The van der Waals surface area contributed by atoms with Crippen molar-refractivity contribution in [2.75, 3.05) is 6.61 Å². The Morgan fingerprint density at radius 2 is 1.94 bits per heavy atom. The molecule has 0 aliphatic rings. The van der Waals surface area contributed by atoms with Gasteiger partial charge in [-0.05, 0) is 18.4 Å². The second kappa shape index (κ2) is 7.88. The summed E-state index contributed by atoms with van der Waals surface area (Å²) in [5.74, 6) is 0.121. The molecule has 18 heavy (non-hydrogen) atoms. The van der Waals surface area contributed by atoms with E-state index in [4.69, 9.17) is 4.74 Å². The van der Waals surface area contributed by atoms with E-state index >= 15 is 0 Å². The van der Waals surface area contributed by atoms with Gasteiger partial charge in [-0.3, -0.25) is 4.79 Å². The van der Waals surface area contributed by atoms with E-state index in [2.05, 4.69) is 19.2 Å². The summed E-state index contributed by atoms with van der Waals surface area (Å²) >= 11 is 0. The van der Waals surface area contributed by atoms with Crippen LogP contribution in [-0.4, -0.2) is 18.6 Å². The fourth-order valence-electron chi connectivity index (χ4n) is 1.81. The Morgan fingerprint density at radius 3 is 2.50 bits per heavy atom. The first-order chi connectivity index (χ1) is 8.69. The molecule has 0 radical (unpaired) electrons. The third-order valence-electron chi connectivity index (χ3n) is 3.12. The lowest BCUT2D eigenvalue weighted by Crippen LogP contribution is -2.42. The Morgan fingerprint density at radius 1 is 1.28 bits per heavy atom. The van der Waals surface area contributed by atoms with Crippen LogP contribution in [0, 0.1) is 5.92 Å². The van der Waals surface area contributed by atoms with Crippen LogP contribution in [0.5, 0.6) is 0 Å². The molecular formula is C15H23NO2. The first-order valence-electron chi connectivity index (χ1n) is 6.63. The molecule has 0 aromatic heterocycles. The lowest BCUT2D eigenvalue weighted by atomic mass is 9.99. The second-order valence-corrected chi connectivity index (χ2v) is 4.48. The summed E-state index contributed by atoms with van der Waals surface area (Å²) < 4.78 is 5.11. The highest BCUT2D eigenvalue weighted by molar-refractivity contribution is 5.76. The van der Waals surface area contributed by atoms with E-state index in [1.807, 2.05) is 37.3 Å². The zero-order chi connectivity index (χ0) is 13.4. The van der Waals surface area contributed by atoms with Crippen molar-refractivity contribution >= 4 is 5.97 Å². The number of hydrogen-bond acceptors (Lipinski definition) is 3. The van der Waals surface area contributed by atoms with Gasteiger partial charge in [-0.15, -0.1) is 0 Å². The SMILES string of the molecule is CCOC(=O)C(NCc1ccccc1)C(C)CC. The Labute approximate surface area is 110 Å². The topological polar surface area (TPSA) is 38.3 Å². The molecule has 0 saturated carbocycles. The summed E-state index contributed by atoms with van der Waals surface area (Å²) in [7, 11) is 0. The fourth-order valence-corrected chi connectivity index (χ4v) is 1.81. The molecule has 0 aliphatic heterocycles. The van der Waals surface area contributed by atoms with E-state index in [1.165, 1.54) is 5.56 Å². The monoisotopic (exact) mass is 249 g/mol. The zero-order valence-corrected chi connectivity index (χ0v) is 11.5. The van der Waals surface area contributed by atoms with Crippen LogP contribution in [0.3, 0.4) is 0 Å². The van der Waals surface area contributed by atoms with Crippen LogP contribution >= 0.6 is 0 Å². The summed E-state index contributed by atoms with van der Waals surface area (Å²) in [4.78, 5) is 11.9. The number of nitrogens with one attached hydrogen (secondary N) is 1. The number of carbonyl (C=O) groups is 1. The Bertz CT molecular complexity index is 351. The van der Waals surface area contributed by atoms with Crippen LogP contribution in [0.2, 0.25) is 0 Å². The van der Waals surface area contributed by atoms with Gasteiger partial charge in [0.05, 0.1) is 6.61 Å². The Hall–Kier alpha value is -1.35. The van der Waals surface area contributed by atoms with Crippen molar-refractivity contribution in [1.82, 2.24) is 5.32 Å². The van der Waals surface area contributed by atoms with Gasteiger partial charge in [0, 0.05) is 6.54 Å². The van der Waals surface area contributed by atoms with E-state index in [0.717, 1.165) is 6.42 Å². The molecule has 1 N–H and O–H groups in total. The fraction of sp³-hybridized carbons (Fsp3) is 0.533. The van der Waals surface area contributed by atoms with Crippen LogP contribution in [0.25, 0.3) is 0 Å². The molecule has 1 aromatic rings. The third kappa shape index (κ3) is 4.49. The first kappa shape index (κ1) is 14.7. The predicted molar refractivity (Wildman–Crippen MR) is 73.2 cm³/mol. The molecule has 0 fully saturated rings. The third-order valence-corrected chi connectivity index (χ3v) is 3.12. The lowest BCUT2D eigenvalue weighted by Gasteiger charge is -2.22. The quantitative estimate of drug-likeness (QED) is 0.755. The van der Waals surface area contributed by atoms with Crippen molar-refractivity contribution in [1.29, 1.82) is 0 Å². The molecule has 0 saturated heterocycles. The largest absolute Gasteiger partial charge is 0.465 e. The molecule has 2 atom stereocenters. The maximum absolute atomic E-state index is 11.9. The van der Waals surface area contributed by atoms with Crippen LogP contribution in [0.15, 0.2) is 30.3 Å². The van der Waals surface area contributed by atoms with Crippen molar-refractivity contribution in [3.63, 3.8) is 0 Å². The Balaban J connectivity index is 2.59. The van der Waals surface area contributed by atoms with Crippen molar-refractivity contribution in [3.8, 4) is 0 Å². The minimum absolute atomic E-state index is 0.150. The summed E-state index contributed by atoms with van der Waals surface area (Å²) in [6.45, 7) is 7.11. The maximum Gasteiger partial charge on any atom is 0.323 e. The van der Waals surface area contributed by atoms with Crippen molar-refractivity contribution < 1.29 is 9.53 Å². The standard InChI is InChI=1S/C15H23NO2/c1-4-12(3)14(15(17)18-5-2)16-11-13-9-7-6-8-10-13/h6-10,12,14,16H,4-5,11H2,1-3H3. The van der Waals surface area contributed by atoms with Crippen LogP contribution in [0.1, 0.15) is 32.8 Å². The van der Waals surface area contributed by atoms with Crippen molar-refractivity contribution in [2.45, 2.75) is 39.8 Å². The molecule has 1 rings (SSSR count). The highest BCUT2D eigenvalue weighted by Gasteiger charge is 2.24. The predicted octanol–water partition coefficient (Wildman–Crippen LogP) is 2.75. The van der Waals surface area contributed by atoms with E-state index in [-0.39, 0.29) is 17.9 Å². The van der Waals surface area contributed by atoms with Gasteiger partial charge in [0.25, 0.3) is 0 Å². The van der Waals surface area contributed by atoms with Gasteiger partial charge in [0.15, 0.2) is 0 Å². The van der Waals surface area contributed by atoms with Gasteiger partial charge in [-0.1, -0.05) is 50.6 Å². The van der Waals surface area contributed by atoms with E-state index in [9.17, 15) is 4.79 Å². The number of hydrogen-bond donors (Lipinski definition) is 1. The molecule has 2 unspecified atom stereocenters. The van der Waals surface area contributed by atoms with Gasteiger partial charge in [0.2, 0.25) is 0 Å². The molecule has 0 aliphatic carbocycles. The summed E-state index contributed by atoms with van der Waals surface area (Å²) in [5, 5.41) is 3.30. The van der Waals surface area contributed by atoms with Gasteiger partial charge in [-0.2, -0.15) is 0 Å². The van der Waals surface area contributed by atoms with E-state index in [0.29, 0.717) is 13.2 Å². The van der Waals surface area contributed by atoms with Crippen LogP contribution in [0.4, 0.5) is 0 Å². The van der Waals surface area contributed by atoms with Crippen molar-refractivity contribution in [3.05, 3.63) is 35.9 Å². The minimum Gasteiger partial charge on any atom is -0.465 e. The van der Waals surface area contributed by atoms with Gasteiger partial charge in [-0.25, -0.2) is 0 Å². The number of rotatable bonds is 7. The number of benzene rings is 1. The second-order valence-electron chi connectivity index (χ2n) is 4.48.